The Labute approximate surface area is 150 Å². The molecule has 2 aromatic carbocycles. The number of amides is 1. The summed E-state index contributed by atoms with van der Waals surface area (Å²) in [6, 6.07) is 13.1. The fraction of sp³-hybridized carbons (Fsp3) is 0.211. The molecular formula is C19H17N3O4. The van der Waals surface area contributed by atoms with Crippen LogP contribution in [0.2, 0.25) is 0 Å². The highest BCUT2D eigenvalue weighted by atomic mass is 16.6. The van der Waals surface area contributed by atoms with Crippen LogP contribution in [0.4, 0.5) is 6.01 Å². The Morgan fingerprint density at radius 3 is 2.73 bits per heavy atom. The highest BCUT2D eigenvalue weighted by molar-refractivity contribution is 5.93. The van der Waals surface area contributed by atoms with Crippen LogP contribution < -0.4 is 14.8 Å². The van der Waals surface area contributed by atoms with Gasteiger partial charge in [0, 0.05) is 5.56 Å². The molecule has 0 unspecified atom stereocenters. The monoisotopic (exact) mass is 351 g/mol. The Bertz CT molecular complexity index is 967. The molecule has 0 saturated carbocycles. The van der Waals surface area contributed by atoms with E-state index in [1.165, 1.54) is 0 Å². The number of hydrogen-bond acceptors (Lipinski definition) is 6. The third-order valence-corrected chi connectivity index (χ3v) is 4.07. The Morgan fingerprint density at radius 1 is 1.12 bits per heavy atom. The number of nitrogens with one attached hydrogen (secondary N) is 1. The van der Waals surface area contributed by atoms with E-state index in [1.807, 2.05) is 44.2 Å². The van der Waals surface area contributed by atoms with Crippen molar-refractivity contribution in [3.63, 3.8) is 0 Å². The Morgan fingerprint density at radius 2 is 1.92 bits per heavy atom. The molecule has 0 radical (unpaired) electrons. The molecule has 1 atom stereocenters. The predicted molar refractivity (Wildman–Crippen MR) is 94.2 cm³/mol. The lowest BCUT2D eigenvalue weighted by Gasteiger charge is -2.24. The first-order valence-corrected chi connectivity index (χ1v) is 8.20. The lowest BCUT2D eigenvalue weighted by molar-refractivity contribution is -0.125. The molecule has 3 aromatic rings. The molecule has 0 aliphatic carbocycles. The average Bonchev–Trinajstić information content (AvgIpc) is 3.09. The van der Waals surface area contributed by atoms with E-state index in [9.17, 15) is 4.79 Å². The van der Waals surface area contributed by atoms with E-state index in [1.54, 1.807) is 12.1 Å². The molecule has 4 rings (SSSR count). The van der Waals surface area contributed by atoms with Gasteiger partial charge in [0.05, 0.1) is 0 Å². The zero-order valence-corrected chi connectivity index (χ0v) is 14.4. The minimum absolute atomic E-state index is 0.0208. The number of carbonyl (C=O) groups is 1. The molecule has 0 fully saturated rings. The van der Waals surface area contributed by atoms with Crippen molar-refractivity contribution in [3.05, 3.63) is 53.6 Å². The minimum Gasteiger partial charge on any atom is -0.485 e. The van der Waals surface area contributed by atoms with Crippen molar-refractivity contribution in [2.24, 2.45) is 0 Å². The van der Waals surface area contributed by atoms with Gasteiger partial charge in [-0.15, -0.1) is 5.10 Å². The first-order chi connectivity index (χ1) is 12.6. The van der Waals surface area contributed by atoms with Gasteiger partial charge in [-0.3, -0.25) is 10.1 Å². The van der Waals surface area contributed by atoms with Crippen LogP contribution in [-0.2, 0) is 4.79 Å². The number of rotatable bonds is 3. The summed E-state index contributed by atoms with van der Waals surface area (Å²) in [5, 5.41) is 10.5. The van der Waals surface area contributed by atoms with Crippen LogP contribution >= 0.6 is 0 Å². The van der Waals surface area contributed by atoms with E-state index in [0.717, 1.165) is 16.7 Å². The van der Waals surface area contributed by atoms with E-state index >= 15 is 0 Å². The lowest BCUT2D eigenvalue weighted by atomic mass is 10.1. The van der Waals surface area contributed by atoms with Crippen molar-refractivity contribution in [1.82, 2.24) is 10.2 Å². The zero-order valence-electron chi connectivity index (χ0n) is 14.4. The molecule has 1 N–H and O–H groups in total. The summed E-state index contributed by atoms with van der Waals surface area (Å²) in [4.78, 5) is 12.4. The number of aryl methyl sites for hydroxylation is 2. The summed E-state index contributed by atoms with van der Waals surface area (Å²) in [6.45, 7) is 4.09. The van der Waals surface area contributed by atoms with Gasteiger partial charge in [-0.25, -0.2) is 0 Å². The molecule has 0 spiro atoms. The second kappa shape index (κ2) is 6.51. The summed E-state index contributed by atoms with van der Waals surface area (Å²) in [7, 11) is 0. The first kappa shape index (κ1) is 16.1. The molecule has 0 saturated heterocycles. The molecule has 1 aliphatic rings. The van der Waals surface area contributed by atoms with Crippen LogP contribution in [0.1, 0.15) is 11.1 Å². The quantitative estimate of drug-likeness (QED) is 0.780. The van der Waals surface area contributed by atoms with Crippen LogP contribution in [0.25, 0.3) is 11.5 Å². The second-order valence-electron chi connectivity index (χ2n) is 6.08. The van der Waals surface area contributed by atoms with Gasteiger partial charge in [-0.2, -0.15) is 0 Å². The standard InChI is InChI=1S/C19H17N3O4/c1-11-7-8-13(12(2)9-11)18-21-22-19(26-18)20-17(23)16-10-24-14-5-3-4-6-15(14)25-16/h3-9,16H,10H2,1-2H3,(H,20,22,23)/t16-/m1/s1. The third kappa shape index (κ3) is 3.11. The van der Waals surface area contributed by atoms with Crippen molar-refractivity contribution in [1.29, 1.82) is 0 Å². The van der Waals surface area contributed by atoms with E-state index in [-0.39, 0.29) is 12.6 Å². The van der Waals surface area contributed by atoms with Gasteiger partial charge in [-0.05, 0) is 37.6 Å². The molecule has 1 aromatic heterocycles. The maximum atomic E-state index is 12.4. The number of para-hydroxylation sites is 2. The molecule has 26 heavy (non-hydrogen) atoms. The number of ether oxygens (including phenoxy) is 2. The third-order valence-electron chi connectivity index (χ3n) is 4.07. The highest BCUT2D eigenvalue weighted by Gasteiger charge is 2.28. The maximum absolute atomic E-state index is 12.4. The largest absolute Gasteiger partial charge is 0.485 e. The van der Waals surface area contributed by atoms with Gasteiger partial charge in [0.25, 0.3) is 5.91 Å². The fourth-order valence-corrected chi connectivity index (χ4v) is 2.77. The molecule has 0 bridgehead atoms. The predicted octanol–water partition coefficient (Wildman–Crippen LogP) is 3.13. The summed E-state index contributed by atoms with van der Waals surface area (Å²) in [5.74, 6) is 1.09. The van der Waals surface area contributed by atoms with Crippen molar-refractivity contribution in [2.45, 2.75) is 20.0 Å². The number of aromatic nitrogens is 2. The lowest BCUT2D eigenvalue weighted by Crippen LogP contribution is -2.40. The topological polar surface area (TPSA) is 86.5 Å². The van der Waals surface area contributed by atoms with Crippen LogP contribution in [0.5, 0.6) is 11.5 Å². The summed E-state index contributed by atoms with van der Waals surface area (Å²) in [5.41, 5.74) is 3.00. The van der Waals surface area contributed by atoms with Gasteiger partial charge >= 0.3 is 6.01 Å². The van der Waals surface area contributed by atoms with E-state index < -0.39 is 12.0 Å². The molecule has 7 heteroatoms. The fourth-order valence-electron chi connectivity index (χ4n) is 2.77. The smallest absolute Gasteiger partial charge is 0.322 e. The van der Waals surface area contributed by atoms with Gasteiger partial charge in [0.2, 0.25) is 12.0 Å². The van der Waals surface area contributed by atoms with E-state index in [4.69, 9.17) is 13.9 Å². The van der Waals surface area contributed by atoms with Crippen LogP contribution in [0.3, 0.4) is 0 Å². The second-order valence-corrected chi connectivity index (χ2v) is 6.08. The minimum atomic E-state index is -0.790. The van der Waals surface area contributed by atoms with Gasteiger partial charge in [-0.1, -0.05) is 34.9 Å². The molecule has 7 nitrogen and oxygen atoms in total. The Balaban J connectivity index is 1.47. The van der Waals surface area contributed by atoms with Crippen LogP contribution in [0.15, 0.2) is 46.9 Å². The Kier molecular flexibility index (Phi) is 4.04. The van der Waals surface area contributed by atoms with Gasteiger partial charge < -0.3 is 13.9 Å². The SMILES string of the molecule is Cc1ccc(-c2nnc(NC(=O)[C@H]3COc4ccccc4O3)o2)c(C)c1. The maximum Gasteiger partial charge on any atom is 0.322 e. The van der Waals surface area contributed by atoms with Crippen molar-refractivity contribution < 1.29 is 18.7 Å². The summed E-state index contributed by atoms with van der Waals surface area (Å²) >= 11 is 0. The summed E-state index contributed by atoms with van der Waals surface area (Å²) < 4.78 is 16.8. The normalized spacial score (nSPS) is 15.5. The first-order valence-electron chi connectivity index (χ1n) is 8.20. The van der Waals surface area contributed by atoms with Gasteiger partial charge in [0.1, 0.15) is 6.61 Å². The number of hydrogen-bond donors (Lipinski definition) is 1. The van der Waals surface area contributed by atoms with Crippen LogP contribution in [0, 0.1) is 13.8 Å². The number of anilines is 1. The molecule has 1 aliphatic heterocycles. The number of fused-ring (bicyclic) bond motifs is 1. The molecule has 2 heterocycles. The highest BCUT2D eigenvalue weighted by Crippen LogP contribution is 2.31. The molecule has 132 valence electrons. The van der Waals surface area contributed by atoms with Crippen molar-refractivity contribution >= 4 is 11.9 Å². The van der Waals surface area contributed by atoms with E-state index in [0.29, 0.717) is 17.4 Å². The van der Waals surface area contributed by atoms with Crippen LogP contribution in [-0.4, -0.2) is 28.8 Å². The van der Waals surface area contributed by atoms with E-state index in [2.05, 4.69) is 15.5 Å². The summed E-state index contributed by atoms with van der Waals surface area (Å²) in [6.07, 6.45) is -0.790. The average molecular weight is 351 g/mol. The number of nitrogens with zero attached hydrogens (tertiary/aromatic N) is 2. The van der Waals surface area contributed by atoms with Gasteiger partial charge in [0.15, 0.2) is 11.5 Å². The zero-order chi connectivity index (χ0) is 18.1. The number of benzene rings is 2. The molecule has 1 amide bonds. The number of carbonyl (C=O) groups excluding carboxylic acids is 1. The Hall–Kier alpha value is -3.35. The van der Waals surface area contributed by atoms with Crippen molar-refractivity contribution in [3.8, 4) is 23.0 Å². The van der Waals surface area contributed by atoms with Crippen molar-refractivity contribution in [2.75, 3.05) is 11.9 Å². The molecular weight excluding hydrogens is 334 g/mol.